The van der Waals surface area contributed by atoms with Crippen LogP contribution in [0.3, 0.4) is 0 Å². The molecule has 1 aliphatic carbocycles. The zero-order valence-corrected chi connectivity index (χ0v) is 14.3. The van der Waals surface area contributed by atoms with Gasteiger partial charge in [-0.15, -0.1) is 0 Å². The molecule has 1 aromatic rings. The normalized spacial score (nSPS) is 15.8. The minimum absolute atomic E-state index is 0.346. The summed E-state index contributed by atoms with van der Waals surface area (Å²) >= 11 is 6.09. The van der Waals surface area contributed by atoms with Gasteiger partial charge < -0.3 is 10.5 Å². The van der Waals surface area contributed by atoms with Gasteiger partial charge in [-0.1, -0.05) is 24.4 Å². The van der Waals surface area contributed by atoms with Crippen molar-refractivity contribution in [3.05, 3.63) is 23.2 Å². The van der Waals surface area contributed by atoms with E-state index >= 15 is 0 Å². The number of carbonyl (C=O) groups is 1. The Bertz CT molecular complexity index is 514. The van der Waals surface area contributed by atoms with Crippen molar-refractivity contribution in [3.8, 4) is 0 Å². The second kappa shape index (κ2) is 6.78. The van der Waals surface area contributed by atoms with Crippen LogP contribution in [0.4, 0.5) is 16.2 Å². The van der Waals surface area contributed by atoms with Crippen LogP contribution in [0, 0.1) is 5.92 Å². The number of amides is 1. The first-order valence-electron chi connectivity index (χ1n) is 7.81. The predicted octanol–water partition coefficient (Wildman–Crippen LogP) is 4.85. The van der Waals surface area contributed by atoms with E-state index in [9.17, 15) is 4.79 Å². The van der Waals surface area contributed by atoms with Gasteiger partial charge in [0.2, 0.25) is 0 Å². The summed E-state index contributed by atoms with van der Waals surface area (Å²) < 4.78 is 5.55. The van der Waals surface area contributed by atoms with Crippen LogP contribution in [0.5, 0.6) is 0 Å². The molecular formula is C17H25ClN2O2. The van der Waals surface area contributed by atoms with Crippen LogP contribution in [0.15, 0.2) is 18.2 Å². The molecule has 0 radical (unpaired) electrons. The van der Waals surface area contributed by atoms with Crippen LogP contribution < -0.4 is 10.6 Å². The first kappa shape index (κ1) is 16.9. The maximum absolute atomic E-state index is 12.6. The van der Waals surface area contributed by atoms with E-state index in [0.717, 1.165) is 12.8 Å². The molecule has 1 fully saturated rings. The number of hydrogen-bond acceptors (Lipinski definition) is 3. The van der Waals surface area contributed by atoms with E-state index in [1.807, 2.05) is 20.8 Å². The van der Waals surface area contributed by atoms with E-state index in [2.05, 4.69) is 0 Å². The highest BCUT2D eigenvalue weighted by Crippen LogP contribution is 2.30. The Kier molecular flexibility index (Phi) is 5.22. The molecule has 0 saturated heterocycles. The highest BCUT2D eigenvalue weighted by Gasteiger charge is 2.27. The Morgan fingerprint density at radius 3 is 2.50 bits per heavy atom. The molecule has 22 heavy (non-hydrogen) atoms. The van der Waals surface area contributed by atoms with E-state index in [1.54, 1.807) is 23.1 Å². The number of benzene rings is 1. The van der Waals surface area contributed by atoms with Gasteiger partial charge in [0.05, 0.1) is 5.69 Å². The van der Waals surface area contributed by atoms with E-state index < -0.39 is 5.60 Å². The average Bonchev–Trinajstić information content (AvgIpc) is 2.85. The summed E-state index contributed by atoms with van der Waals surface area (Å²) in [4.78, 5) is 14.3. The number of nitrogens with zero attached hydrogens (tertiary/aromatic N) is 1. The lowest BCUT2D eigenvalue weighted by Crippen LogP contribution is -2.39. The SMILES string of the molecule is CC(C)(C)OC(=O)N(CC1CCCC1)c1cc(N)cc(Cl)c1. The molecule has 0 atom stereocenters. The van der Waals surface area contributed by atoms with Crippen molar-refractivity contribution in [2.75, 3.05) is 17.2 Å². The van der Waals surface area contributed by atoms with Crippen molar-refractivity contribution < 1.29 is 9.53 Å². The minimum atomic E-state index is -0.533. The van der Waals surface area contributed by atoms with Gasteiger partial charge in [0.25, 0.3) is 0 Å². The molecule has 0 bridgehead atoms. The van der Waals surface area contributed by atoms with Crippen LogP contribution in [-0.2, 0) is 4.74 Å². The largest absolute Gasteiger partial charge is 0.443 e. The summed E-state index contributed by atoms with van der Waals surface area (Å²) in [5, 5.41) is 0.523. The lowest BCUT2D eigenvalue weighted by molar-refractivity contribution is 0.0575. The third-order valence-electron chi connectivity index (χ3n) is 3.75. The van der Waals surface area contributed by atoms with Gasteiger partial charge in [-0.25, -0.2) is 4.79 Å². The smallest absolute Gasteiger partial charge is 0.414 e. The summed E-state index contributed by atoms with van der Waals surface area (Å²) in [5.41, 5.74) is 6.58. The number of halogens is 1. The Morgan fingerprint density at radius 1 is 1.32 bits per heavy atom. The topological polar surface area (TPSA) is 55.6 Å². The molecule has 0 aromatic heterocycles. The molecule has 2 N–H and O–H groups in total. The molecule has 2 rings (SSSR count). The summed E-state index contributed by atoms with van der Waals surface area (Å²) in [5.74, 6) is 0.507. The molecule has 0 spiro atoms. The quantitative estimate of drug-likeness (QED) is 0.808. The number of nitrogen functional groups attached to an aromatic ring is 1. The van der Waals surface area contributed by atoms with E-state index in [-0.39, 0.29) is 6.09 Å². The van der Waals surface area contributed by atoms with Crippen molar-refractivity contribution in [3.63, 3.8) is 0 Å². The van der Waals surface area contributed by atoms with Crippen LogP contribution in [0.1, 0.15) is 46.5 Å². The molecule has 1 aliphatic rings. The second-order valence-corrected chi connectivity index (χ2v) is 7.42. The monoisotopic (exact) mass is 324 g/mol. The van der Waals surface area contributed by atoms with Crippen molar-refractivity contribution in [1.82, 2.24) is 0 Å². The molecule has 122 valence electrons. The lowest BCUT2D eigenvalue weighted by Gasteiger charge is -2.29. The molecule has 5 heteroatoms. The second-order valence-electron chi connectivity index (χ2n) is 6.98. The minimum Gasteiger partial charge on any atom is -0.443 e. The first-order valence-corrected chi connectivity index (χ1v) is 8.19. The number of nitrogens with two attached hydrogens (primary N) is 1. The van der Waals surface area contributed by atoms with Gasteiger partial charge in [0.1, 0.15) is 5.60 Å². The molecule has 0 heterocycles. The van der Waals surface area contributed by atoms with E-state index in [1.165, 1.54) is 12.8 Å². The zero-order valence-electron chi connectivity index (χ0n) is 13.6. The molecule has 1 amide bonds. The molecule has 0 aliphatic heterocycles. The molecule has 1 aromatic carbocycles. The fourth-order valence-electron chi connectivity index (χ4n) is 2.81. The predicted molar refractivity (Wildman–Crippen MR) is 91.4 cm³/mol. The molecule has 0 unspecified atom stereocenters. The van der Waals surface area contributed by atoms with E-state index in [4.69, 9.17) is 22.1 Å². The number of carbonyl (C=O) groups excluding carboxylic acids is 1. The maximum Gasteiger partial charge on any atom is 0.414 e. The van der Waals surface area contributed by atoms with Gasteiger partial charge in [0, 0.05) is 17.3 Å². The zero-order chi connectivity index (χ0) is 16.3. The van der Waals surface area contributed by atoms with Crippen LogP contribution >= 0.6 is 11.6 Å². The Balaban J connectivity index is 2.25. The highest BCUT2D eigenvalue weighted by atomic mass is 35.5. The van der Waals surface area contributed by atoms with Gasteiger partial charge in [-0.05, 0) is 57.7 Å². The van der Waals surface area contributed by atoms with Gasteiger partial charge in [-0.2, -0.15) is 0 Å². The lowest BCUT2D eigenvalue weighted by atomic mass is 10.1. The Labute approximate surface area is 137 Å². The highest BCUT2D eigenvalue weighted by molar-refractivity contribution is 6.31. The molecular weight excluding hydrogens is 300 g/mol. The number of anilines is 2. The van der Waals surface area contributed by atoms with E-state index in [0.29, 0.717) is 28.9 Å². The van der Waals surface area contributed by atoms with Crippen LogP contribution in [0.2, 0.25) is 5.02 Å². The van der Waals surface area contributed by atoms with Crippen molar-refractivity contribution in [2.24, 2.45) is 5.92 Å². The number of hydrogen-bond donors (Lipinski definition) is 1. The maximum atomic E-state index is 12.6. The standard InChI is InChI=1S/C17H25ClN2O2/c1-17(2,3)22-16(21)20(11-12-6-4-5-7-12)15-9-13(18)8-14(19)10-15/h8-10,12H,4-7,11,19H2,1-3H3. The van der Waals surface area contributed by atoms with Crippen LogP contribution in [0.25, 0.3) is 0 Å². The van der Waals surface area contributed by atoms with Crippen LogP contribution in [-0.4, -0.2) is 18.2 Å². The number of rotatable bonds is 3. The van der Waals surface area contributed by atoms with Gasteiger partial charge >= 0.3 is 6.09 Å². The summed E-state index contributed by atoms with van der Waals surface area (Å²) in [6.45, 7) is 6.25. The van der Waals surface area contributed by atoms with Crippen molar-refractivity contribution in [1.29, 1.82) is 0 Å². The summed E-state index contributed by atoms with van der Waals surface area (Å²) in [7, 11) is 0. The average molecular weight is 325 g/mol. The third kappa shape index (κ3) is 4.80. The number of ether oxygens (including phenoxy) is 1. The first-order chi connectivity index (χ1) is 10.2. The Morgan fingerprint density at radius 2 is 1.95 bits per heavy atom. The summed E-state index contributed by atoms with van der Waals surface area (Å²) in [6, 6.07) is 5.20. The van der Waals surface area contributed by atoms with Gasteiger partial charge in [-0.3, -0.25) is 4.90 Å². The summed E-state index contributed by atoms with van der Waals surface area (Å²) in [6.07, 6.45) is 4.40. The molecule has 1 saturated carbocycles. The molecule has 4 nitrogen and oxygen atoms in total. The van der Waals surface area contributed by atoms with Gasteiger partial charge in [0.15, 0.2) is 0 Å². The Hall–Kier alpha value is -1.42. The fourth-order valence-corrected chi connectivity index (χ4v) is 3.04. The fraction of sp³-hybridized carbons (Fsp3) is 0.588. The van der Waals surface area contributed by atoms with Crippen molar-refractivity contribution in [2.45, 2.75) is 52.1 Å². The third-order valence-corrected chi connectivity index (χ3v) is 3.96. The van der Waals surface area contributed by atoms with Crippen molar-refractivity contribution >= 4 is 29.1 Å².